The Morgan fingerprint density at radius 2 is 1.91 bits per heavy atom. The van der Waals surface area contributed by atoms with Gasteiger partial charge in [0.2, 0.25) is 5.91 Å². The number of carbonyl (C=O) groups excluding carboxylic acids is 1. The number of aryl methyl sites for hydroxylation is 2. The van der Waals surface area contributed by atoms with Crippen LogP contribution in [-0.2, 0) is 4.79 Å². The van der Waals surface area contributed by atoms with Crippen LogP contribution in [0.3, 0.4) is 0 Å². The van der Waals surface area contributed by atoms with Crippen molar-refractivity contribution in [1.82, 2.24) is 9.88 Å². The van der Waals surface area contributed by atoms with Crippen LogP contribution in [0.25, 0.3) is 10.9 Å². The second kappa shape index (κ2) is 5.79. The molecular weight excluding hydrogens is 272 g/mol. The first-order valence-corrected chi connectivity index (χ1v) is 8.35. The standard InChI is InChI=1S/C19H26N2O/c1-12(2)19(22)21-9-7-15(8-10-21)18-14(4)16-11-13(3)5-6-17(16)20-18/h5-6,11-12,15,20H,7-10H2,1-4H3. The zero-order valence-electron chi connectivity index (χ0n) is 14.1. The molecule has 1 aliphatic rings. The second-order valence-corrected chi connectivity index (χ2v) is 6.97. The third kappa shape index (κ3) is 2.65. The van der Waals surface area contributed by atoms with Crippen LogP contribution in [0.15, 0.2) is 18.2 Å². The highest BCUT2D eigenvalue weighted by molar-refractivity contribution is 5.85. The minimum absolute atomic E-state index is 0.106. The number of aromatic nitrogens is 1. The molecule has 1 aromatic carbocycles. The Morgan fingerprint density at radius 3 is 2.55 bits per heavy atom. The topological polar surface area (TPSA) is 36.1 Å². The SMILES string of the molecule is Cc1ccc2[nH]c(C3CCN(C(=O)C(C)C)CC3)c(C)c2c1. The number of likely N-dealkylation sites (tertiary alicyclic amines) is 1. The van der Waals surface area contributed by atoms with Crippen molar-refractivity contribution in [1.29, 1.82) is 0 Å². The molecule has 3 heteroatoms. The molecule has 1 aliphatic heterocycles. The van der Waals surface area contributed by atoms with E-state index < -0.39 is 0 Å². The number of fused-ring (bicyclic) bond motifs is 1. The Morgan fingerprint density at radius 1 is 1.23 bits per heavy atom. The van der Waals surface area contributed by atoms with E-state index in [9.17, 15) is 4.79 Å². The van der Waals surface area contributed by atoms with Crippen molar-refractivity contribution in [2.24, 2.45) is 5.92 Å². The lowest BCUT2D eigenvalue weighted by Gasteiger charge is -2.33. The van der Waals surface area contributed by atoms with E-state index in [0.717, 1.165) is 25.9 Å². The van der Waals surface area contributed by atoms with Crippen LogP contribution in [0.5, 0.6) is 0 Å². The van der Waals surface area contributed by atoms with Gasteiger partial charge in [-0.15, -0.1) is 0 Å². The summed E-state index contributed by atoms with van der Waals surface area (Å²) in [6, 6.07) is 6.60. The smallest absolute Gasteiger partial charge is 0.225 e. The molecule has 0 spiro atoms. The summed E-state index contributed by atoms with van der Waals surface area (Å²) in [7, 11) is 0. The Balaban J connectivity index is 1.79. The van der Waals surface area contributed by atoms with Crippen molar-refractivity contribution in [2.45, 2.75) is 46.5 Å². The molecular formula is C19H26N2O. The highest BCUT2D eigenvalue weighted by Gasteiger charge is 2.27. The fourth-order valence-electron chi connectivity index (χ4n) is 3.62. The van der Waals surface area contributed by atoms with Crippen LogP contribution in [-0.4, -0.2) is 28.9 Å². The maximum Gasteiger partial charge on any atom is 0.225 e. The molecule has 0 aliphatic carbocycles. The largest absolute Gasteiger partial charge is 0.358 e. The minimum Gasteiger partial charge on any atom is -0.358 e. The number of aromatic amines is 1. The second-order valence-electron chi connectivity index (χ2n) is 6.97. The van der Waals surface area contributed by atoms with Gasteiger partial charge in [0.15, 0.2) is 0 Å². The van der Waals surface area contributed by atoms with E-state index in [1.54, 1.807) is 0 Å². The van der Waals surface area contributed by atoms with Crippen molar-refractivity contribution in [3.63, 3.8) is 0 Å². The number of nitrogens with one attached hydrogen (secondary N) is 1. The number of piperidine rings is 1. The molecule has 3 rings (SSSR count). The van der Waals surface area contributed by atoms with Crippen molar-refractivity contribution >= 4 is 16.8 Å². The average Bonchev–Trinajstić information content (AvgIpc) is 2.83. The molecule has 1 N–H and O–H groups in total. The van der Waals surface area contributed by atoms with Gasteiger partial charge in [-0.2, -0.15) is 0 Å². The number of amides is 1. The van der Waals surface area contributed by atoms with Crippen molar-refractivity contribution in [3.8, 4) is 0 Å². The summed E-state index contributed by atoms with van der Waals surface area (Å²) in [4.78, 5) is 17.8. The van der Waals surface area contributed by atoms with Crippen LogP contribution < -0.4 is 0 Å². The van der Waals surface area contributed by atoms with Gasteiger partial charge in [0.05, 0.1) is 0 Å². The highest BCUT2D eigenvalue weighted by atomic mass is 16.2. The molecule has 0 radical (unpaired) electrons. The van der Waals surface area contributed by atoms with Crippen LogP contribution in [0.4, 0.5) is 0 Å². The third-order valence-electron chi connectivity index (χ3n) is 4.96. The number of hydrogen-bond donors (Lipinski definition) is 1. The lowest BCUT2D eigenvalue weighted by Crippen LogP contribution is -2.40. The van der Waals surface area contributed by atoms with E-state index >= 15 is 0 Å². The van der Waals surface area contributed by atoms with Gasteiger partial charge in [-0.1, -0.05) is 25.5 Å². The lowest BCUT2D eigenvalue weighted by atomic mass is 9.90. The molecule has 118 valence electrons. The van der Waals surface area contributed by atoms with Gasteiger partial charge in [-0.25, -0.2) is 0 Å². The number of H-pyrrole nitrogens is 1. The van der Waals surface area contributed by atoms with E-state index in [4.69, 9.17) is 0 Å². The first kappa shape index (κ1) is 15.1. The van der Waals surface area contributed by atoms with Gasteiger partial charge < -0.3 is 9.88 Å². The molecule has 1 aromatic heterocycles. The molecule has 1 amide bonds. The first-order valence-electron chi connectivity index (χ1n) is 8.35. The van der Waals surface area contributed by atoms with Crippen LogP contribution in [0, 0.1) is 19.8 Å². The summed E-state index contributed by atoms with van der Waals surface area (Å²) in [6.07, 6.45) is 2.12. The molecule has 0 atom stereocenters. The molecule has 0 saturated carbocycles. The van der Waals surface area contributed by atoms with Crippen molar-refractivity contribution in [2.75, 3.05) is 13.1 Å². The summed E-state index contributed by atoms with van der Waals surface area (Å²) >= 11 is 0. The van der Waals surface area contributed by atoms with Gasteiger partial charge in [-0.05, 0) is 44.4 Å². The van der Waals surface area contributed by atoms with E-state index in [1.807, 2.05) is 18.7 Å². The van der Waals surface area contributed by atoms with Gasteiger partial charge >= 0.3 is 0 Å². The van der Waals surface area contributed by atoms with Crippen molar-refractivity contribution < 1.29 is 4.79 Å². The number of carbonyl (C=O) groups is 1. The molecule has 0 bridgehead atoms. The summed E-state index contributed by atoms with van der Waals surface area (Å²) in [5.41, 5.74) is 5.29. The average molecular weight is 298 g/mol. The quantitative estimate of drug-likeness (QED) is 0.888. The molecule has 2 aromatic rings. The first-order chi connectivity index (χ1) is 10.5. The maximum absolute atomic E-state index is 12.1. The zero-order chi connectivity index (χ0) is 15.9. The summed E-state index contributed by atoms with van der Waals surface area (Å²) < 4.78 is 0. The highest BCUT2D eigenvalue weighted by Crippen LogP contribution is 2.34. The number of benzene rings is 1. The van der Waals surface area contributed by atoms with Crippen molar-refractivity contribution in [3.05, 3.63) is 35.0 Å². The minimum atomic E-state index is 0.106. The van der Waals surface area contributed by atoms with Gasteiger partial charge in [0.1, 0.15) is 0 Å². The summed E-state index contributed by atoms with van der Waals surface area (Å²) in [5, 5.41) is 1.34. The van der Waals surface area contributed by atoms with Gasteiger partial charge in [0.25, 0.3) is 0 Å². The van der Waals surface area contributed by atoms with E-state index in [0.29, 0.717) is 11.8 Å². The Bertz CT molecular complexity index is 691. The lowest BCUT2D eigenvalue weighted by molar-refractivity contribution is -0.135. The van der Waals surface area contributed by atoms with Crippen LogP contribution >= 0.6 is 0 Å². The number of rotatable bonds is 2. The van der Waals surface area contributed by atoms with Gasteiger partial charge in [0, 0.05) is 41.5 Å². The fraction of sp³-hybridized carbons (Fsp3) is 0.526. The number of nitrogens with zero attached hydrogens (tertiary/aromatic N) is 1. The molecule has 2 heterocycles. The fourth-order valence-corrected chi connectivity index (χ4v) is 3.62. The molecule has 22 heavy (non-hydrogen) atoms. The Labute approximate surface area is 132 Å². The predicted octanol–water partition coefficient (Wildman–Crippen LogP) is 4.15. The van der Waals surface area contributed by atoms with Crippen LogP contribution in [0.1, 0.15) is 49.4 Å². The molecule has 1 saturated heterocycles. The Hall–Kier alpha value is -1.77. The zero-order valence-corrected chi connectivity index (χ0v) is 14.1. The van der Waals surface area contributed by atoms with E-state index in [1.165, 1.54) is 27.7 Å². The monoisotopic (exact) mass is 298 g/mol. The molecule has 0 unspecified atom stereocenters. The predicted molar refractivity (Wildman–Crippen MR) is 91.2 cm³/mol. The maximum atomic E-state index is 12.1. The molecule has 3 nitrogen and oxygen atoms in total. The summed E-state index contributed by atoms with van der Waals surface area (Å²) in [5.74, 6) is 0.945. The van der Waals surface area contributed by atoms with E-state index in [2.05, 4.69) is 37.0 Å². The third-order valence-corrected chi connectivity index (χ3v) is 4.96. The molecule has 1 fully saturated rings. The number of hydrogen-bond acceptors (Lipinski definition) is 1. The van der Waals surface area contributed by atoms with Gasteiger partial charge in [-0.3, -0.25) is 4.79 Å². The van der Waals surface area contributed by atoms with E-state index in [-0.39, 0.29) is 5.92 Å². The normalized spacial score (nSPS) is 16.7. The van der Waals surface area contributed by atoms with Crippen LogP contribution in [0.2, 0.25) is 0 Å². The Kier molecular flexibility index (Phi) is 3.98. The summed E-state index contributed by atoms with van der Waals surface area (Å²) in [6.45, 7) is 10.1.